The normalized spacial score (nSPS) is 19.4. The van der Waals surface area contributed by atoms with Gasteiger partial charge >= 0.3 is 0 Å². The highest BCUT2D eigenvalue weighted by Crippen LogP contribution is 2.02. The van der Waals surface area contributed by atoms with Crippen LogP contribution in [0.3, 0.4) is 0 Å². The number of hydrogen-bond donors (Lipinski definition) is 0. The second kappa shape index (κ2) is 15.9. The van der Waals surface area contributed by atoms with Gasteiger partial charge in [-0.3, -0.25) is 0 Å². The van der Waals surface area contributed by atoms with E-state index in [9.17, 15) is 0 Å². The van der Waals surface area contributed by atoms with Crippen LogP contribution in [-0.4, -0.2) is 39.6 Å². The maximum atomic E-state index is 5.07. The molecule has 2 fully saturated rings. The van der Waals surface area contributed by atoms with Crippen molar-refractivity contribution in [3.63, 3.8) is 0 Å². The van der Waals surface area contributed by atoms with Gasteiger partial charge in [0.15, 0.2) is 0 Å². The molecule has 3 nitrogen and oxygen atoms in total. The van der Waals surface area contributed by atoms with E-state index in [0.29, 0.717) is 0 Å². The summed E-state index contributed by atoms with van der Waals surface area (Å²) in [5.74, 6) is 0. The Kier molecular flexibility index (Phi) is 15.8. The summed E-state index contributed by atoms with van der Waals surface area (Å²) < 4.78 is 15.0. The van der Waals surface area contributed by atoms with Crippen molar-refractivity contribution >= 4 is 0 Å². The Hall–Kier alpha value is -0.120. The van der Waals surface area contributed by atoms with Crippen LogP contribution in [0, 0.1) is 0 Å². The lowest BCUT2D eigenvalue weighted by Crippen LogP contribution is -2.03. The lowest BCUT2D eigenvalue weighted by Gasteiger charge is -2.08. The van der Waals surface area contributed by atoms with Crippen LogP contribution in [0.15, 0.2) is 0 Å². The number of ether oxygens (including phenoxy) is 3. The molecule has 2 heterocycles. The first-order chi connectivity index (χ1) is 8.41. The Bertz CT molecular complexity index is 83.6. The maximum absolute atomic E-state index is 5.07. The van der Waals surface area contributed by atoms with Crippen LogP contribution in [0.25, 0.3) is 0 Å². The second-order valence-corrected chi connectivity index (χ2v) is 4.13. The number of hydrogen-bond acceptors (Lipinski definition) is 3. The summed E-state index contributed by atoms with van der Waals surface area (Å²) in [6.07, 6.45) is 7.86. The van der Waals surface area contributed by atoms with Gasteiger partial charge in [0.05, 0.1) is 0 Å². The SMILES string of the molecule is C1CCOCC1.C1CCOCC1.CCOCC. The van der Waals surface area contributed by atoms with E-state index in [1.165, 1.54) is 38.5 Å². The maximum Gasteiger partial charge on any atom is 0.0466 e. The van der Waals surface area contributed by atoms with Crippen molar-refractivity contribution in [2.75, 3.05) is 39.6 Å². The van der Waals surface area contributed by atoms with Crippen molar-refractivity contribution in [2.24, 2.45) is 0 Å². The molecule has 2 aliphatic rings. The molecular weight excluding hydrogens is 216 g/mol. The standard InChI is InChI=1S/2C5H10O.C4H10O/c2*1-2-4-6-5-3-1;1-3-5-4-2/h2*1-5H2;3-4H2,1-2H3. The van der Waals surface area contributed by atoms with Gasteiger partial charge in [0.1, 0.15) is 0 Å². The van der Waals surface area contributed by atoms with Gasteiger partial charge in [-0.2, -0.15) is 0 Å². The van der Waals surface area contributed by atoms with E-state index >= 15 is 0 Å². The Morgan fingerprint density at radius 3 is 1.06 bits per heavy atom. The first-order valence-corrected chi connectivity index (χ1v) is 7.15. The molecule has 104 valence electrons. The predicted molar refractivity (Wildman–Crippen MR) is 71.5 cm³/mol. The van der Waals surface area contributed by atoms with E-state index in [1.807, 2.05) is 13.8 Å². The fraction of sp³-hybridized carbons (Fsp3) is 1.00. The van der Waals surface area contributed by atoms with E-state index in [0.717, 1.165) is 39.6 Å². The minimum Gasteiger partial charge on any atom is -0.382 e. The molecule has 2 rings (SSSR count). The van der Waals surface area contributed by atoms with Gasteiger partial charge < -0.3 is 14.2 Å². The van der Waals surface area contributed by atoms with Crippen molar-refractivity contribution in [1.82, 2.24) is 0 Å². The van der Waals surface area contributed by atoms with Crippen molar-refractivity contribution in [1.29, 1.82) is 0 Å². The topological polar surface area (TPSA) is 27.7 Å². The van der Waals surface area contributed by atoms with E-state index < -0.39 is 0 Å². The molecule has 0 bridgehead atoms. The third kappa shape index (κ3) is 15.9. The highest BCUT2D eigenvalue weighted by atomic mass is 16.5. The lowest BCUT2D eigenvalue weighted by molar-refractivity contribution is 0.0967. The van der Waals surface area contributed by atoms with Crippen LogP contribution in [0.2, 0.25) is 0 Å². The molecule has 3 heteroatoms. The van der Waals surface area contributed by atoms with Crippen molar-refractivity contribution in [3.05, 3.63) is 0 Å². The van der Waals surface area contributed by atoms with Crippen LogP contribution in [0.1, 0.15) is 52.4 Å². The molecule has 0 unspecified atom stereocenters. The van der Waals surface area contributed by atoms with Gasteiger partial charge in [0.2, 0.25) is 0 Å². The van der Waals surface area contributed by atoms with Crippen LogP contribution in [0.5, 0.6) is 0 Å². The first kappa shape index (κ1) is 16.9. The average Bonchev–Trinajstić information content (AvgIpc) is 2.45. The summed E-state index contributed by atoms with van der Waals surface area (Å²) in [6.45, 7) is 9.67. The predicted octanol–water partition coefficient (Wildman–Crippen LogP) is 3.42. The average molecular weight is 246 g/mol. The van der Waals surface area contributed by atoms with Gasteiger partial charge in [0, 0.05) is 39.6 Å². The Morgan fingerprint density at radius 1 is 0.647 bits per heavy atom. The van der Waals surface area contributed by atoms with Gasteiger partial charge in [0.25, 0.3) is 0 Å². The van der Waals surface area contributed by atoms with Crippen molar-refractivity contribution in [3.8, 4) is 0 Å². The fourth-order valence-corrected chi connectivity index (χ4v) is 1.58. The van der Waals surface area contributed by atoms with Crippen molar-refractivity contribution in [2.45, 2.75) is 52.4 Å². The number of rotatable bonds is 2. The zero-order chi connectivity index (χ0) is 12.6. The van der Waals surface area contributed by atoms with E-state index in [4.69, 9.17) is 14.2 Å². The van der Waals surface area contributed by atoms with E-state index in [1.54, 1.807) is 0 Å². The van der Waals surface area contributed by atoms with Crippen LogP contribution >= 0.6 is 0 Å². The molecule has 0 amide bonds. The van der Waals surface area contributed by atoms with E-state index in [-0.39, 0.29) is 0 Å². The minimum atomic E-state index is 0.844. The summed E-state index contributed by atoms with van der Waals surface area (Å²) in [5.41, 5.74) is 0. The largest absolute Gasteiger partial charge is 0.382 e. The quantitative estimate of drug-likeness (QED) is 0.747. The van der Waals surface area contributed by atoms with Crippen LogP contribution in [-0.2, 0) is 14.2 Å². The minimum absolute atomic E-state index is 0.844. The van der Waals surface area contributed by atoms with Gasteiger partial charge in [-0.1, -0.05) is 0 Å². The summed E-state index contributed by atoms with van der Waals surface area (Å²) in [7, 11) is 0. The highest BCUT2D eigenvalue weighted by molar-refractivity contribution is 4.45. The zero-order valence-corrected chi connectivity index (χ0v) is 11.7. The molecule has 0 saturated carbocycles. The highest BCUT2D eigenvalue weighted by Gasteiger charge is 1.95. The molecule has 17 heavy (non-hydrogen) atoms. The molecule has 0 aromatic rings. The Morgan fingerprint density at radius 2 is 1.00 bits per heavy atom. The zero-order valence-electron chi connectivity index (χ0n) is 11.7. The van der Waals surface area contributed by atoms with Crippen molar-refractivity contribution < 1.29 is 14.2 Å². The molecule has 0 radical (unpaired) electrons. The van der Waals surface area contributed by atoms with Gasteiger partial charge in [-0.15, -0.1) is 0 Å². The molecule has 0 spiro atoms. The summed E-state index contributed by atoms with van der Waals surface area (Å²) in [6, 6.07) is 0. The molecule has 2 saturated heterocycles. The Balaban J connectivity index is 0.000000228. The lowest BCUT2D eigenvalue weighted by atomic mass is 10.2. The summed E-state index contributed by atoms with van der Waals surface area (Å²) in [5, 5.41) is 0. The molecule has 0 aromatic carbocycles. The van der Waals surface area contributed by atoms with Gasteiger partial charge in [-0.25, -0.2) is 0 Å². The van der Waals surface area contributed by atoms with Crippen LogP contribution < -0.4 is 0 Å². The third-order valence-corrected chi connectivity index (χ3v) is 2.56. The third-order valence-electron chi connectivity index (χ3n) is 2.56. The summed E-state index contributed by atoms with van der Waals surface area (Å²) >= 11 is 0. The molecule has 0 aliphatic carbocycles. The fourth-order valence-electron chi connectivity index (χ4n) is 1.58. The van der Waals surface area contributed by atoms with Crippen LogP contribution in [0.4, 0.5) is 0 Å². The Labute approximate surface area is 107 Å². The molecular formula is C14H30O3. The monoisotopic (exact) mass is 246 g/mol. The van der Waals surface area contributed by atoms with Gasteiger partial charge in [-0.05, 0) is 52.4 Å². The molecule has 0 N–H and O–H groups in total. The second-order valence-electron chi connectivity index (χ2n) is 4.13. The molecule has 0 atom stereocenters. The first-order valence-electron chi connectivity index (χ1n) is 7.15. The summed E-state index contributed by atoms with van der Waals surface area (Å²) in [4.78, 5) is 0. The smallest absolute Gasteiger partial charge is 0.0466 e. The molecule has 2 aliphatic heterocycles. The molecule has 0 aromatic heterocycles. The van der Waals surface area contributed by atoms with E-state index in [2.05, 4.69) is 0 Å².